The molecule has 0 aliphatic heterocycles. The number of benzene rings is 2. The molecule has 2 aromatic carbocycles. The number of rotatable bonds is 5. The van der Waals surface area contributed by atoms with Crippen LogP contribution in [0.4, 0.5) is 5.69 Å². The van der Waals surface area contributed by atoms with E-state index < -0.39 is 0 Å². The second-order valence-corrected chi connectivity index (χ2v) is 6.61. The quantitative estimate of drug-likeness (QED) is 0.827. The molecule has 0 aromatic heterocycles. The summed E-state index contributed by atoms with van der Waals surface area (Å²) < 4.78 is 6.33. The number of methoxy groups -OCH3 is 1. The van der Waals surface area contributed by atoms with Crippen molar-refractivity contribution in [2.24, 2.45) is 0 Å². The molecular formula is C18H20BrNO. The minimum Gasteiger partial charge on any atom is -0.382 e. The van der Waals surface area contributed by atoms with Crippen molar-refractivity contribution in [3.05, 3.63) is 64.1 Å². The molecule has 0 radical (unpaired) electrons. The molecule has 2 aromatic rings. The van der Waals surface area contributed by atoms with E-state index in [0.717, 1.165) is 4.47 Å². The highest BCUT2D eigenvalue weighted by molar-refractivity contribution is 9.10. The van der Waals surface area contributed by atoms with Crippen molar-refractivity contribution in [3.63, 3.8) is 0 Å². The Balaban J connectivity index is 1.55. The van der Waals surface area contributed by atoms with Gasteiger partial charge in [0.1, 0.15) is 0 Å². The van der Waals surface area contributed by atoms with Crippen molar-refractivity contribution >= 4 is 21.6 Å². The first kappa shape index (κ1) is 14.6. The largest absolute Gasteiger partial charge is 0.382 e. The lowest BCUT2D eigenvalue weighted by atomic mass is 9.76. The van der Waals surface area contributed by atoms with Crippen molar-refractivity contribution in [3.8, 4) is 0 Å². The molecule has 1 aliphatic carbocycles. The zero-order chi connectivity index (χ0) is 14.7. The Bertz CT molecular complexity index is 590. The van der Waals surface area contributed by atoms with Gasteiger partial charge >= 0.3 is 0 Å². The molecule has 1 N–H and O–H groups in total. The SMILES string of the molecule is COCc1cccc(NC2CC(c3ccc(Br)cc3)C2)c1. The molecule has 0 amide bonds. The summed E-state index contributed by atoms with van der Waals surface area (Å²) in [7, 11) is 1.73. The summed E-state index contributed by atoms with van der Waals surface area (Å²) in [6.45, 7) is 0.668. The Morgan fingerprint density at radius 3 is 2.62 bits per heavy atom. The average molecular weight is 346 g/mol. The first-order valence-corrected chi connectivity index (χ1v) is 8.14. The van der Waals surface area contributed by atoms with E-state index in [1.54, 1.807) is 7.11 Å². The van der Waals surface area contributed by atoms with Gasteiger partial charge in [0.25, 0.3) is 0 Å². The van der Waals surface area contributed by atoms with Crippen LogP contribution in [-0.4, -0.2) is 13.2 Å². The van der Waals surface area contributed by atoms with Crippen molar-refractivity contribution in [2.75, 3.05) is 12.4 Å². The van der Waals surface area contributed by atoms with Crippen LogP contribution in [0.5, 0.6) is 0 Å². The maximum absolute atomic E-state index is 5.18. The van der Waals surface area contributed by atoms with E-state index in [0.29, 0.717) is 18.6 Å². The van der Waals surface area contributed by atoms with Gasteiger partial charge in [0, 0.05) is 23.3 Å². The lowest BCUT2D eigenvalue weighted by molar-refractivity contribution is 0.185. The van der Waals surface area contributed by atoms with E-state index in [-0.39, 0.29) is 0 Å². The highest BCUT2D eigenvalue weighted by Gasteiger charge is 2.30. The molecule has 0 saturated heterocycles. The van der Waals surface area contributed by atoms with Gasteiger partial charge in [-0.15, -0.1) is 0 Å². The minimum atomic E-state index is 0.580. The van der Waals surface area contributed by atoms with Gasteiger partial charge in [-0.3, -0.25) is 0 Å². The van der Waals surface area contributed by atoms with Crippen LogP contribution in [-0.2, 0) is 11.3 Å². The molecule has 3 rings (SSSR count). The summed E-state index contributed by atoms with van der Waals surface area (Å²) in [4.78, 5) is 0. The Morgan fingerprint density at radius 1 is 1.14 bits per heavy atom. The molecule has 0 bridgehead atoms. The van der Waals surface area contributed by atoms with Crippen LogP contribution in [0.25, 0.3) is 0 Å². The van der Waals surface area contributed by atoms with E-state index in [1.807, 2.05) is 0 Å². The molecule has 3 heteroatoms. The van der Waals surface area contributed by atoms with Crippen molar-refractivity contribution in [1.29, 1.82) is 0 Å². The predicted molar refractivity (Wildman–Crippen MR) is 90.7 cm³/mol. The standard InChI is InChI=1S/C18H20BrNO/c1-21-12-13-3-2-4-17(9-13)20-18-10-15(11-18)14-5-7-16(19)8-6-14/h2-9,15,18,20H,10-12H2,1H3. The fourth-order valence-electron chi connectivity index (χ4n) is 2.90. The van der Waals surface area contributed by atoms with Gasteiger partial charge in [-0.05, 0) is 54.2 Å². The summed E-state index contributed by atoms with van der Waals surface area (Å²) in [6.07, 6.45) is 2.41. The fraction of sp³-hybridized carbons (Fsp3) is 0.333. The van der Waals surface area contributed by atoms with Crippen LogP contribution in [0.2, 0.25) is 0 Å². The number of ether oxygens (including phenoxy) is 1. The maximum atomic E-state index is 5.18. The van der Waals surface area contributed by atoms with Gasteiger partial charge in [0.15, 0.2) is 0 Å². The molecule has 0 atom stereocenters. The predicted octanol–water partition coefficient (Wildman–Crippen LogP) is 4.95. The highest BCUT2D eigenvalue weighted by atomic mass is 79.9. The van der Waals surface area contributed by atoms with Crippen LogP contribution in [0, 0.1) is 0 Å². The van der Waals surface area contributed by atoms with E-state index >= 15 is 0 Å². The van der Waals surface area contributed by atoms with E-state index in [1.165, 1.54) is 29.7 Å². The van der Waals surface area contributed by atoms with Crippen LogP contribution in [0.1, 0.15) is 29.9 Å². The summed E-state index contributed by atoms with van der Waals surface area (Å²) in [6, 6.07) is 17.8. The third-order valence-electron chi connectivity index (χ3n) is 4.09. The molecular weight excluding hydrogens is 326 g/mol. The zero-order valence-corrected chi connectivity index (χ0v) is 13.8. The minimum absolute atomic E-state index is 0.580. The summed E-state index contributed by atoms with van der Waals surface area (Å²) in [5.41, 5.74) is 3.86. The van der Waals surface area contributed by atoms with Gasteiger partial charge in [0.2, 0.25) is 0 Å². The number of halogens is 1. The van der Waals surface area contributed by atoms with Gasteiger partial charge in [-0.1, -0.05) is 40.2 Å². The average Bonchev–Trinajstić information content (AvgIpc) is 2.45. The molecule has 0 spiro atoms. The fourth-order valence-corrected chi connectivity index (χ4v) is 3.16. The van der Waals surface area contributed by atoms with Gasteiger partial charge in [-0.25, -0.2) is 0 Å². The summed E-state index contributed by atoms with van der Waals surface area (Å²) >= 11 is 3.49. The van der Waals surface area contributed by atoms with Gasteiger partial charge in [0.05, 0.1) is 6.61 Å². The van der Waals surface area contributed by atoms with Crippen molar-refractivity contribution in [1.82, 2.24) is 0 Å². The monoisotopic (exact) mass is 345 g/mol. The number of anilines is 1. The van der Waals surface area contributed by atoms with E-state index in [4.69, 9.17) is 4.74 Å². The van der Waals surface area contributed by atoms with Crippen LogP contribution in [0.3, 0.4) is 0 Å². The normalized spacial score (nSPS) is 20.9. The molecule has 0 heterocycles. The summed E-state index contributed by atoms with van der Waals surface area (Å²) in [5, 5.41) is 3.62. The number of hydrogen-bond acceptors (Lipinski definition) is 2. The van der Waals surface area contributed by atoms with E-state index in [2.05, 4.69) is 69.8 Å². The lowest BCUT2D eigenvalue weighted by Crippen LogP contribution is -2.33. The zero-order valence-electron chi connectivity index (χ0n) is 12.2. The van der Waals surface area contributed by atoms with Gasteiger partial charge in [-0.2, -0.15) is 0 Å². The van der Waals surface area contributed by atoms with Crippen LogP contribution >= 0.6 is 15.9 Å². The second kappa shape index (κ2) is 6.63. The molecule has 1 aliphatic rings. The molecule has 110 valence electrons. The van der Waals surface area contributed by atoms with Crippen molar-refractivity contribution < 1.29 is 4.74 Å². The Hall–Kier alpha value is -1.32. The number of nitrogens with one attached hydrogen (secondary N) is 1. The number of hydrogen-bond donors (Lipinski definition) is 1. The second-order valence-electron chi connectivity index (χ2n) is 5.69. The summed E-state index contributed by atoms with van der Waals surface area (Å²) in [5.74, 6) is 0.692. The Kier molecular flexibility index (Phi) is 4.61. The van der Waals surface area contributed by atoms with E-state index in [9.17, 15) is 0 Å². The molecule has 21 heavy (non-hydrogen) atoms. The highest BCUT2D eigenvalue weighted by Crippen LogP contribution is 2.38. The smallest absolute Gasteiger partial charge is 0.0713 e. The van der Waals surface area contributed by atoms with Crippen LogP contribution < -0.4 is 5.32 Å². The Morgan fingerprint density at radius 2 is 1.90 bits per heavy atom. The first-order valence-electron chi connectivity index (χ1n) is 7.34. The molecule has 2 nitrogen and oxygen atoms in total. The topological polar surface area (TPSA) is 21.3 Å². The molecule has 1 saturated carbocycles. The maximum Gasteiger partial charge on any atom is 0.0713 e. The Labute approximate surface area is 134 Å². The molecule has 1 fully saturated rings. The third-order valence-corrected chi connectivity index (χ3v) is 4.62. The van der Waals surface area contributed by atoms with Crippen LogP contribution in [0.15, 0.2) is 53.0 Å². The third kappa shape index (κ3) is 3.66. The first-order chi connectivity index (χ1) is 10.2. The molecule has 0 unspecified atom stereocenters. The lowest BCUT2D eigenvalue weighted by Gasteiger charge is -2.37. The van der Waals surface area contributed by atoms with Gasteiger partial charge < -0.3 is 10.1 Å². The van der Waals surface area contributed by atoms with Crippen molar-refractivity contribution in [2.45, 2.75) is 31.4 Å².